The van der Waals surface area contributed by atoms with Crippen LogP contribution in [0.25, 0.3) is 0 Å². The van der Waals surface area contributed by atoms with Crippen LogP contribution in [0.1, 0.15) is 44.7 Å². The van der Waals surface area contributed by atoms with Gasteiger partial charge in [0.15, 0.2) is 0 Å². The number of ether oxygens (including phenoxy) is 1. The van der Waals surface area contributed by atoms with Gasteiger partial charge in [0.2, 0.25) is 17.7 Å². The Morgan fingerprint density at radius 2 is 2.03 bits per heavy atom. The van der Waals surface area contributed by atoms with Gasteiger partial charge in [-0.3, -0.25) is 14.4 Å². The van der Waals surface area contributed by atoms with E-state index in [1.807, 2.05) is 26.0 Å². The van der Waals surface area contributed by atoms with Crippen molar-refractivity contribution in [2.45, 2.75) is 56.6 Å². The molecule has 8 nitrogen and oxygen atoms in total. The molecule has 10 heteroatoms. The van der Waals surface area contributed by atoms with Gasteiger partial charge < -0.3 is 25.6 Å². The lowest BCUT2D eigenvalue weighted by Gasteiger charge is -2.36. The van der Waals surface area contributed by atoms with Crippen molar-refractivity contribution in [2.75, 3.05) is 26.0 Å². The van der Waals surface area contributed by atoms with Crippen molar-refractivity contribution in [3.63, 3.8) is 0 Å². The molecule has 4 atom stereocenters. The van der Waals surface area contributed by atoms with Crippen LogP contribution in [0.2, 0.25) is 5.02 Å². The Balaban J connectivity index is 1.57. The minimum absolute atomic E-state index is 0.0918. The summed E-state index contributed by atoms with van der Waals surface area (Å²) in [6.45, 7) is 4.70. The fourth-order valence-electron chi connectivity index (χ4n) is 5.02. The molecule has 4 rings (SSSR count). The topological polar surface area (TPSA) is 99.8 Å². The fourth-order valence-corrected chi connectivity index (χ4v) is 6.78. The smallest absolute Gasteiger partial charge is 0.246 e. The number of rotatable bonds is 5. The second-order valence-corrected chi connectivity index (χ2v) is 11.2. The molecule has 3 amide bonds. The lowest BCUT2D eigenvalue weighted by molar-refractivity contribution is -0.143. The van der Waals surface area contributed by atoms with Gasteiger partial charge in [-0.15, -0.1) is 11.8 Å². The third kappa shape index (κ3) is 4.95. The van der Waals surface area contributed by atoms with Crippen LogP contribution in [-0.4, -0.2) is 66.0 Å². The Kier molecular flexibility index (Phi) is 7.12. The van der Waals surface area contributed by atoms with E-state index < -0.39 is 17.5 Å². The first-order valence-corrected chi connectivity index (χ1v) is 12.7. The summed E-state index contributed by atoms with van der Waals surface area (Å²) in [7, 11) is 1.69. The maximum Gasteiger partial charge on any atom is 0.246 e. The van der Waals surface area contributed by atoms with Crippen molar-refractivity contribution in [3.8, 4) is 5.75 Å². The van der Waals surface area contributed by atoms with E-state index in [-0.39, 0.29) is 35.7 Å². The molecule has 33 heavy (non-hydrogen) atoms. The van der Waals surface area contributed by atoms with Gasteiger partial charge >= 0.3 is 0 Å². The van der Waals surface area contributed by atoms with E-state index in [0.717, 1.165) is 17.7 Å². The second kappa shape index (κ2) is 9.72. The molecule has 0 aliphatic carbocycles. The maximum atomic E-state index is 13.7. The third-order valence-corrected chi connectivity index (χ3v) is 8.03. The molecule has 3 aliphatic heterocycles. The van der Waals surface area contributed by atoms with Gasteiger partial charge in [-0.2, -0.15) is 0 Å². The quantitative estimate of drug-likeness (QED) is 0.579. The first kappa shape index (κ1) is 24.2. The van der Waals surface area contributed by atoms with Crippen molar-refractivity contribution >= 4 is 41.1 Å². The van der Waals surface area contributed by atoms with E-state index in [1.165, 1.54) is 0 Å². The highest BCUT2D eigenvalue weighted by atomic mass is 35.5. The van der Waals surface area contributed by atoms with E-state index in [1.54, 1.807) is 29.8 Å². The van der Waals surface area contributed by atoms with Crippen molar-refractivity contribution in [3.05, 3.63) is 28.8 Å². The van der Waals surface area contributed by atoms with Gasteiger partial charge in [0.25, 0.3) is 0 Å². The van der Waals surface area contributed by atoms with Crippen LogP contribution in [0.3, 0.4) is 0 Å². The molecule has 2 saturated heterocycles. The number of hydrogen-bond acceptors (Lipinski definition) is 6. The van der Waals surface area contributed by atoms with Crippen LogP contribution < -0.4 is 20.7 Å². The van der Waals surface area contributed by atoms with Crippen molar-refractivity contribution in [1.82, 2.24) is 20.9 Å². The number of likely N-dealkylation sites (N-methyl/N-ethyl adjacent to an activating group) is 1. The number of benzene rings is 1. The van der Waals surface area contributed by atoms with Gasteiger partial charge in [-0.1, -0.05) is 25.4 Å². The number of carbonyl (C=O) groups is 3. The molecule has 0 aromatic heterocycles. The lowest BCUT2D eigenvalue weighted by Crippen LogP contribution is -2.57. The van der Waals surface area contributed by atoms with E-state index >= 15 is 0 Å². The summed E-state index contributed by atoms with van der Waals surface area (Å²) < 4.78 is 5.72. The number of amides is 3. The third-order valence-electron chi connectivity index (χ3n) is 6.55. The predicted octanol–water partition coefficient (Wildman–Crippen LogP) is 2.07. The molecule has 1 aromatic carbocycles. The minimum atomic E-state index is -0.630. The average Bonchev–Trinajstić information content (AvgIpc) is 2.95. The number of halogens is 1. The van der Waals surface area contributed by atoms with Crippen LogP contribution in [-0.2, 0) is 14.4 Å². The zero-order valence-corrected chi connectivity index (χ0v) is 20.7. The highest BCUT2D eigenvalue weighted by Gasteiger charge is 2.54. The van der Waals surface area contributed by atoms with Crippen LogP contribution in [0, 0.1) is 5.41 Å². The Morgan fingerprint density at radius 3 is 2.79 bits per heavy atom. The molecule has 0 spiro atoms. The molecule has 3 heterocycles. The van der Waals surface area contributed by atoms with Gasteiger partial charge in [-0.05, 0) is 49.3 Å². The first-order valence-electron chi connectivity index (χ1n) is 11.3. The predicted molar refractivity (Wildman–Crippen MR) is 128 cm³/mol. The largest absolute Gasteiger partial charge is 0.493 e. The number of nitrogens with one attached hydrogen (secondary N) is 3. The van der Waals surface area contributed by atoms with Crippen LogP contribution in [0.5, 0.6) is 5.75 Å². The molecule has 0 radical (unpaired) electrons. The monoisotopic (exact) mass is 494 g/mol. The van der Waals surface area contributed by atoms with Crippen LogP contribution in [0.15, 0.2) is 18.2 Å². The number of thioether (sulfide) groups is 1. The molecular weight excluding hydrogens is 464 g/mol. The normalized spacial score (nSPS) is 28.2. The fraction of sp³-hybridized carbons (Fsp3) is 0.609. The van der Waals surface area contributed by atoms with Gasteiger partial charge in [-0.25, -0.2) is 0 Å². The van der Waals surface area contributed by atoms with Crippen molar-refractivity contribution in [1.29, 1.82) is 0 Å². The van der Waals surface area contributed by atoms with E-state index in [4.69, 9.17) is 16.3 Å². The van der Waals surface area contributed by atoms with E-state index in [2.05, 4.69) is 16.0 Å². The summed E-state index contributed by atoms with van der Waals surface area (Å²) in [6, 6.07) is 3.91. The van der Waals surface area contributed by atoms with Crippen molar-refractivity contribution < 1.29 is 19.1 Å². The van der Waals surface area contributed by atoms with Gasteiger partial charge in [0, 0.05) is 17.0 Å². The molecular formula is C23H31ClN4O4S. The Morgan fingerprint density at radius 1 is 1.24 bits per heavy atom. The molecule has 1 aromatic rings. The summed E-state index contributed by atoms with van der Waals surface area (Å²) in [5, 5.41) is 9.31. The zero-order chi connectivity index (χ0) is 23.8. The summed E-state index contributed by atoms with van der Waals surface area (Å²) in [4.78, 5) is 41.1. The van der Waals surface area contributed by atoms with E-state index in [9.17, 15) is 14.4 Å². The molecule has 0 bridgehead atoms. The van der Waals surface area contributed by atoms with Gasteiger partial charge in [0.05, 0.1) is 24.6 Å². The summed E-state index contributed by atoms with van der Waals surface area (Å²) in [5.41, 5.74) is 0.444. The highest BCUT2D eigenvalue weighted by Crippen LogP contribution is 2.46. The number of carbonyl (C=O) groups excluding carboxylic acids is 3. The summed E-state index contributed by atoms with van der Waals surface area (Å²) >= 11 is 7.88. The number of fused-ring (bicyclic) bond motifs is 2. The van der Waals surface area contributed by atoms with Crippen LogP contribution >= 0.6 is 23.4 Å². The molecule has 2 fully saturated rings. The lowest BCUT2D eigenvalue weighted by atomic mass is 9.83. The first-order chi connectivity index (χ1) is 15.7. The molecule has 3 N–H and O–H groups in total. The average molecular weight is 495 g/mol. The molecule has 3 aliphatic rings. The highest BCUT2D eigenvalue weighted by molar-refractivity contribution is 7.99. The number of nitrogens with zero attached hydrogens (tertiary/aromatic N) is 1. The minimum Gasteiger partial charge on any atom is -0.493 e. The molecule has 4 unspecified atom stereocenters. The Bertz CT molecular complexity index is 943. The second-order valence-electron chi connectivity index (χ2n) is 9.49. The standard InChI is InChI=1S/C23H31ClN4O4S/c1-23(2)11-19-28(22(31)16(7-9-33-19)26-18(29)12-25-3)20(23)21(30)27-15-6-8-32-17-5-4-13(24)10-14(15)17/h4-5,10,15-16,19-20,25H,6-9,11-12H2,1-3H3,(H,26,29)(H,27,30). The molecule has 0 saturated carbocycles. The summed E-state index contributed by atoms with van der Waals surface area (Å²) in [6.07, 6.45) is 1.89. The summed E-state index contributed by atoms with van der Waals surface area (Å²) in [5.74, 6) is 0.864. The SMILES string of the molecule is CNCC(=O)NC1CCSC2CC(C)(C)C(C(=O)NC3CCOc4ccc(Cl)cc43)N2C1=O. The van der Waals surface area contributed by atoms with Crippen LogP contribution in [0.4, 0.5) is 0 Å². The Hall–Kier alpha value is -1.97. The van der Waals surface area contributed by atoms with Crippen molar-refractivity contribution in [2.24, 2.45) is 5.41 Å². The number of hydrogen-bond donors (Lipinski definition) is 3. The zero-order valence-electron chi connectivity index (χ0n) is 19.2. The van der Waals surface area contributed by atoms with E-state index in [0.29, 0.717) is 30.2 Å². The Labute approximate surface area is 203 Å². The maximum absolute atomic E-state index is 13.7. The molecule has 180 valence electrons. The van der Waals surface area contributed by atoms with Gasteiger partial charge in [0.1, 0.15) is 17.8 Å².